The van der Waals surface area contributed by atoms with E-state index < -0.39 is 0 Å². The van der Waals surface area contributed by atoms with E-state index in [9.17, 15) is 0 Å². The minimum atomic E-state index is 0.821. The van der Waals surface area contributed by atoms with Crippen LogP contribution in [0, 0.1) is 0 Å². The summed E-state index contributed by atoms with van der Waals surface area (Å²) in [5, 5.41) is 1.07. The van der Waals surface area contributed by atoms with Crippen molar-refractivity contribution in [2.75, 3.05) is 11.5 Å². The molecule has 4 heteroatoms. The first-order valence-electron chi connectivity index (χ1n) is 5.26. The third-order valence-corrected chi connectivity index (χ3v) is 4.99. The summed E-state index contributed by atoms with van der Waals surface area (Å²) in [7, 11) is 0. The van der Waals surface area contributed by atoms with Crippen molar-refractivity contribution < 1.29 is 0 Å². The van der Waals surface area contributed by atoms with Crippen molar-refractivity contribution in [1.29, 1.82) is 0 Å². The first-order chi connectivity index (χ1) is 7.84. The van der Waals surface area contributed by atoms with Gasteiger partial charge in [0.2, 0.25) is 0 Å². The van der Waals surface area contributed by atoms with E-state index in [1.54, 1.807) is 11.3 Å². The number of nitrogens with two attached hydrogens (primary N) is 1. The number of rotatable bonds is 1. The molecule has 2 aromatic rings. The Labute approximate surface area is 103 Å². The van der Waals surface area contributed by atoms with E-state index in [1.165, 1.54) is 16.3 Å². The van der Waals surface area contributed by atoms with Crippen molar-refractivity contribution in [3.05, 3.63) is 34.8 Å². The van der Waals surface area contributed by atoms with E-state index in [4.69, 9.17) is 10.7 Å². The van der Waals surface area contributed by atoms with Crippen molar-refractivity contribution in [2.24, 2.45) is 0 Å². The Kier molecular flexibility index (Phi) is 2.61. The summed E-state index contributed by atoms with van der Waals surface area (Å²) in [6, 6.07) is 7.96. The molecule has 0 fully saturated rings. The molecule has 0 saturated carbocycles. The number of anilines is 1. The lowest BCUT2D eigenvalue weighted by Crippen LogP contribution is -1.99. The molecule has 0 unspecified atom stereocenters. The van der Waals surface area contributed by atoms with E-state index in [2.05, 4.69) is 0 Å². The Morgan fingerprint density at radius 2 is 2.12 bits per heavy atom. The monoisotopic (exact) mass is 248 g/mol. The zero-order valence-corrected chi connectivity index (χ0v) is 10.4. The van der Waals surface area contributed by atoms with Gasteiger partial charge in [-0.25, -0.2) is 4.98 Å². The summed E-state index contributed by atoms with van der Waals surface area (Å²) in [6.07, 6.45) is 1.10. The first-order valence-corrected chi connectivity index (χ1v) is 7.23. The van der Waals surface area contributed by atoms with Crippen LogP contribution in [0.2, 0.25) is 0 Å². The highest BCUT2D eigenvalue weighted by molar-refractivity contribution is 7.98. The molecule has 0 atom stereocenters. The van der Waals surface area contributed by atoms with Gasteiger partial charge in [-0.2, -0.15) is 11.8 Å². The lowest BCUT2D eigenvalue weighted by molar-refractivity contribution is 1.03. The molecule has 2 heterocycles. The first kappa shape index (κ1) is 10.2. The third kappa shape index (κ3) is 1.72. The second-order valence-electron chi connectivity index (χ2n) is 3.78. The van der Waals surface area contributed by atoms with Crippen LogP contribution in [-0.2, 0) is 12.2 Å². The zero-order valence-electron chi connectivity index (χ0n) is 8.77. The second-order valence-corrected chi connectivity index (χ2v) is 5.97. The normalized spacial score (nSPS) is 14.8. The number of hydrogen-bond donors (Lipinski definition) is 1. The molecule has 0 spiro atoms. The maximum atomic E-state index is 5.97. The van der Waals surface area contributed by atoms with Gasteiger partial charge in [-0.1, -0.05) is 12.1 Å². The molecule has 82 valence electrons. The number of aryl methyl sites for hydroxylation is 1. The molecule has 2 nitrogen and oxygen atoms in total. The quantitative estimate of drug-likeness (QED) is 0.788. The summed E-state index contributed by atoms with van der Waals surface area (Å²) in [5.74, 6) is 2.31. The van der Waals surface area contributed by atoms with Crippen LogP contribution < -0.4 is 5.73 Å². The number of nitrogens with zero attached hydrogens (tertiary/aromatic N) is 1. The molecular weight excluding hydrogens is 236 g/mol. The van der Waals surface area contributed by atoms with Gasteiger partial charge in [-0.15, -0.1) is 11.3 Å². The highest BCUT2D eigenvalue weighted by atomic mass is 32.2. The molecule has 1 aliphatic heterocycles. The van der Waals surface area contributed by atoms with Crippen LogP contribution in [0.5, 0.6) is 0 Å². The Morgan fingerprint density at radius 3 is 2.94 bits per heavy atom. The number of fused-ring (bicyclic) bond motifs is 1. The lowest BCUT2D eigenvalue weighted by atomic mass is 10.2. The summed E-state index contributed by atoms with van der Waals surface area (Å²) < 4.78 is 0. The maximum absolute atomic E-state index is 5.97. The number of nitrogen functional groups attached to an aromatic ring is 1. The maximum Gasteiger partial charge on any atom is 0.125 e. The van der Waals surface area contributed by atoms with E-state index >= 15 is 0 Å². The largest absolute Gasteiger partial charge is 0.398 e. The predicted molar refractivity (Wildman–Crippen MR) is 71.8 cm³/mol. The highest BCUT2D eigenvalue weighted by Crippen LogP contribution is 2.36. The SMILES string of the molecule is Nc1ccccc1-c1nc2c(s1)CSCC2. The number of thioether (sulfide) groups is 1. The van der Waals surface area contributed by atoms with E-state index in [1.807, 2.05) is 36.0 Å². The van der Waals surface area contributed by atoms with Crippen LogP contribution >= 0.6 is 23.1 Å². The minimum Gasteiger partial charge on any atom is -0.398 e. The molecule has 16 heavy (non-hydrogen) atoms. The number of para-hydroxylation sites is 1. The van der Waals surface area contributed by atoms with Crippen LogP contribution in [0.1, 0.15) is 10.6 Å². The topological polar surface area (TPSA) is 38.9 Å². The van der Waals surface area contributed by atoms with Gasteiger partial charge in [-0.3, -0.25) is 0 Å². The average molecular weight is 248 g/mol. The Balaban J connectivity index is 2.07. The standard InChI is InChI=1S/C12H12N2S2/c13-9-4-2-1-3-8(9)12-14-10-5-6-15-7-11(10)16-12/h1-4H,5-7,13H2. The smallest absolute Gasteiger partial charge is 0.125 e. The molecule has 0 radical (unpaired) electrons. The van der Waals surface area contributed by atoms with Crippen molar-refractivity contribution in [3.8, 4) is 10.6 Å². The zero-order chi connectivity index (χ0) is 11.0. The van der Waals surface area contributed by atoms with Gasteiger partial charge >= 0.3 is 0 Å². The summed E-state index contributed by atoms with van der Waals surface area (Å²) in [4.78, 5) is 6.13. The molecule has 1 aliphatic rings. The van der Waals surface area contributed by atoms with E-state index in [0.717, 1.165) is 28.4 Å². The van der Waals surface area contributed by atoms with E-state index in [0.29, 0.717) is 0 Å². The molecule has 2 N–H and O–H groups in total. The van der Waals surface area contributed by atoms with Crippen molar-refractivity contribution >= 4 is 28.8 Å². The Hall–Kier alpha value is -1.000. The Bertz CT molecular complexity index is 496. The number of thiazole rings is 1. The number of hydrogen-bond acceptors (Lipinski definition) is 4. The second kappa shape index (κ2) is 4.11. The number of benzene rings is 1. The predicted octanol–water partition coefficient (Wildman–Crippen LogP) is 3.18. The molecule has 1 aromatic carbocycles. The lowest BCUT2D eigenvalue weighted by Gasteiger charge is -2.06. The van der Waals surface area contributed by atoms with Gasteiger partial charge in [0.1, 0.15) is 5.01 Å². The van der Waals surface area contributed by atoms with Gasteiger partial charge in [-0.05, 0) is 24.3 Å². The van der Waals surface area contributed by atoms with Gasteiger partial charge in [0, 0.05) is 21.9 Å². The van der Waals surface area contributed by atoms with Crippen LogP contribution in [0.3, 0.4) is 0 Å². The molecule has 0 saturated heterocycles. The molecule has 0 amide bonds. The fourth-order valence-electron chi connectivity index (χ4n) is 1.83. The minimum absolute atomic E-state index is 0.821. The van der Waals surface area contributed by atoms with Crippen LogP contribution in [0.4, 0.5) is 5.69 Å². The fourth-order valence-corrected chi connectivity index (χ4v) is 4.10. The van der Waals surface area contributed by atoms with Crippen molar-refractivity contribution in [1.82, 2.24) is 4.98 Å². The highest BCUT2D eigenvalue weighted by Gasteiger charge is 2.16. The average Bonchev–Trinajstić information content (AvgIpc) is 2.73. The molecule has 0 aliphatic carbocycles. The van der Waals surface area contributed by atoms with Gasteiger partial charge < -0.3 is 5.73 Å². The fraction of sp³-hybridized carbons (Fsp3) is 0.250. The summed E-state index contributed by atoms with van der Waals surface area (Å²) in [5.41, 5.74) is 9.15. The molecule has 3 rings (SSSR count). The van der Waals surface area contributed by atoms with Crippen LogP contribution in [0.25, 0.3) is 10.6 Å². The molecule has 0 bridgehead atoms. The summed E-state index contributed by atoms with van der Waals surface area (Å²) >= 11 is 3.78. The summed E-state index contributed by atoms with van der Waals surface area (Å²) in [6.45, 7) is 0. The molecule has 1 aromatic heterocycles. The van der Waals surface area contributed by atoms with Gasteiger partial charge in [0.25, 0.3) is 0 Å². The Morgan fingerprint density at radius 1 is 1.25 bits per heavy atom. The van der Waals surface area contributed by atoms with Crippen LogP contribution in [0.15, 0.2) is 24.3 Å². The van der Waals surface area contributed by atoms with Gasteiger partial charge in [0.05, 0.1) is 5.69 Å². The van der Waals surface area contributed by atoms with Crippen LogP contribution in [-0.4, -0.2) is 10.7 Å². The van der Waals surface area contributed by atoms with Gasteiger partial charge in [0.15, 0.2) is 0 Å². The van der Waals surface area contributed by atoms with E-state index in [-0.39, 0.29) is 0 Å². The van der Waals surface area contributed by atoms with Crippen molar-refractivity contribution in [2.45, 2.75) is 12.2 Å². The number of aromatic nitrogens is 1. The van der Waals surface area contributed by atoms with Crippen molar-refractivity contribution in [3.63, 3.8) is 0 Å². The third-order valence-electron chi connectivity index (χ3n) is 2.69. The molecular formula is C12H12N2S2.